The molecular weight excluding hydrogens is 460 g/mol. The quantitative estimate of drug-likeness (QED) is 0.455. The van der Waals surface area contributed by atoms with Crippen LogP contribution >= 0.6 is 11.3 Å². The number of benzene rings is 2. The van der Waals surface area contributed by atoms with E-state index in [-0.39, 0.29) is 30.2 Å². The molecule has 0 unspecified atom stereocenters. The molecule has 0 saturated heterocycles. The highest BCUT2D eigenvalue weighted by molar-refractivity contribution is 7.89. The first kappa shape index (κ1) is 23.3. The Morgan fingerprint density at radius 2 is 1.76 bits per heavy atom. The first-order valence-electron chi connectivity index (χ1n) is 10.6. The lowest BCUT2D eigenvalue weighted by Crippen LogP contribution is -2.45. The number of thiophene rings is 1. The molecular formula is C24H26N2O5S2. The van der Waals surface area contributed by atoms with E-state index in [9.17, 15) is 13.2 Å². The Hall–Kier alpha value is -2.88. The molecule has 0 saturated carbocycles. The van der Waals surface area contributed by atoms with Crippen molar-refractivity contribution in [2.24, 2.45) is 0 Å². The molecule has 2 heterocycles. The molecule has 0 radical (unpaired) electrons. The minimum atomic E-state index is -3.82. The number of ether oxygens (including phenoxy) is 2. The molecule has 0 atom stereocenters. The fourth-order valence-corrected chi connectivity index (χ4v) is 5.92. The van der Waals surface area contributed by atoms with Gasteiger partial charge in [0.05, 0.1) is 18.0 Å². The molecule has 174 valence electrons. The number of rotatable bonds is 9. The van der Waals surface area contributed by atoms with Gasteiger partial charge in [0.25, 0.3) is 0 Å². The van der Waals surface area contributed by atoms with Gasteiger partial charge in [-0.3, -0.25) is 4.79 Å². The predicted molar refractivity (Wildman–Crippen MR) is 127 cm³/mol. The Kier molecular flexibility index (Phi) is 7.02. The minimum Gasteiger partial charge on any atom is -0.454 e. The lowest BCUT2D eigenvalue weighted by atomic mass is 10.2. The van der Waals surface area contributed by atoms with Gasteiger partial charge in [0, 0.05) is 17.5 Å². The molecule has 0 bridgehead atoms. The molecule has 1 aliphatic rings. The highest BCUT2D eigenvalue weighted by Crippen LogP contribution is 2.33. The van der Waals surface area contributed by atoms with E-state index in [0.717, 1.165) is 10.4 Å². The Bertz CT molecular complexity index is 1190. The van der Waals surface area contributed by atoms with E-state index in [1.807, 2.05) is 35.7 Å². The average Bonchev–Trinajstić information content (AvgIpc) is 3.48. The Morgan fingerprint density at radius 3 is 2.45 bits per heavy atom. The fourth-order valence-electron chi connectivity index (χ4n) is 3.59. The molecule has 3 aromatic rings. The van der Waals surface area contributed by atoms with Gasteiger partial charge in [-0.05, 0) is 55.1 Å². The second-order valence-corrected chi connectivity index (χ2v) is 10.9. The van der Waals surface area contributed by atoms with Crippen LogP contribution in [0.15, 0.2) is 70.9 Å². The fraction of sp³-hybridized carbons (Fsp3) is 0.292. The van der Waals surface area contributed by atoms with Crippen LogP contribution in [0.1, 0.15) is 24.3 Å². The summed E-state index contributed by atoms with van der Waals surface area (Å²) >= 11 is 1.56. The van der Waals surface area contributed by atoms with Crippen LogP contribution in [0, 0.1) is 0 Å². The van der Waals surface area contributed by atoms with E-state index in [1.54, 1.807) is 60.4 Å². The predicted octanol–water partition coefficient (Wildman–Crippen LogP) is 4.10. The summed E-state index contributed by atoms with van der Waals surface area (Å²) in [6.45, 7) is 4.19. The molecule has 2 aromatic carbocycles. The minimum absolute atomic E-state index is 0.173. The molecule has 9 heteroatoms. The maximum Gasteiger partial charge on any atom is 0.243 e. The van der Waals surface area contributed by atoms with Crippen LogP contribution in [0.5, 0.6) is 11.5 Å². The largest absolute Gasteiger partial charge is 0.454 e. The van der Waals surface area contributed by atoms with Crippen molar-refractivity contribution >= 4 is 27.3 Å². The molecule has 33 heavy (non-hydrogen) atoms. The Balaban J connectivity index is 1.58. The van der Waals surface area contributed by atoms with Crippen molar-refractivity contribution in [3.05, 3.63) is 76.5 Å². The first-order valence-corrected chi connectivity index (χ1v) is 12.9. The number of fused-ring (bicyclic) bond motifs is 1. The lowest BCUT2D eigenvalue weighted by molar-refractivity contribution is -0.132. The maximum atomic E-state index is 13.5. The lowest BCUT2D eigenvalue weighted by Gasteiger charge is -2.29. The van der Waals surface area contributed by atoms with Gasteiger partial charge in [-0.2, -0.15) is 4.31 Å². The van der Waals surface area contributed by atoms with Crippen molar-refractivity contribution in [3.63, 3.8) is 0 Å². The van der Waals surface area contributed by atoms with Crippen LogP contribution < -0.4 is 9.47 Å². The molecule has 4 rings (SSSR count). The Morgan fingerprint density at radius 1 is 1.00 bits per heavy atom. The van der Waals surface area contributed by atoms with Crippen LogP contribution in [-0.2, 0) is 27.9 Å². The van der Waals surface area contributed by atoms with Crippen LogP contribution in [0.4, 0.5) is 0 Å². The van der Waals surface area contributed by atoms with Crippen molar-refractivity contribution < 1.29 is 22.7 Å². The van der Waals surface area contributed by atoms with Gasteiger partial charge in [-0.15, -0.1) is 11.3 Å². The molecule has 1 amide bonds. The van der Waals surface area contributed by atoms with Crippen molar-refractivity contribution in [1.29, 1.82) is 0 Å². The number of carbonyl (C=O) groups is 1. The van der Waals surface area contributed by atoms with Crippen LogP contribution in [-0.4, -0.2) is 42.9 Å². The normalized spacial score (nSPS) is 13.0. The van der Waals surface area contributed by atoms with Crippen molar-refractivity contribution in [2.45, 2.75) is 37.9 Å². The second kappa shape index (κ2) is 9.94. The van der Waals surface area contributed by atoms with Gasteiger partial charge in [0.1, 0.15) is 0 Å². The van der Waals surface area contributed by atoms with E-state index in [2.05, 4.69) is 0 Å². The SMILES string of the molecule is CC(C)N(CC(=O)N(Cc1ccc2c(c1)OCO2)Cc1cccs1)S(=O)(=O)c1ccccc1. The zero-order chi connectivity index (χ0) is 23.4. The van der Waals surface area contributed by atoms with Crippen molar-refractivity contribution in [3.8, 4) is 11.5 Å². The molecule has 0 spiro atoms. The topological polar surface area (TPSA) is 76.2 Å². The first-order chi connectivity index (χ1) is 15.8. The highest BCUT2D eigenvalue weighted by Gasteiger charge is 2.31. The van der Waals surface area contributed by atoms with Crippen LogP contribution in [0.2, 0.25) is 0 Å². The number of hydrogen-bond donors (Lipinski definition) is 0. The number of amides is 1. The zero-order valence-electron chi connectivity index (χ0n) is 18.5. The standard InChI is InChI=1S/C24H26N2O5S2/c1-18(2)26(33(28,29)21-8-4-3-5-9-21)16-24(27)25(15-20-7-6-12-32-20)14-19-10-11-22-23(13-19)31-17-30-22/h3-13,18H,14-17H2,1-2H3. The summed E-state index contributed by atoms with van der Waals surface area (Å²) in [5.41, 5.74) is 0.881. The summed E-state index contributed by atoms with van der Waals surface area (Å²) in [5.74, 6) is 1.05. The highest BCUT2D eigenvalue weighted by atomic mass is 32.2. The third-order valence-electron chi connectivity index (χ3n) is 5.31. The number of hydrogen-bond acceptors (Lipinski definition) is 6. The van der Waals surface area contributed by atoms with Gasteiger partial charge in [-0.1, -0.05) is 30.3 Å². The number of carbonyl (C=O) groups excluding carboxylic acids is 1. The number of nitrogens with zero attached hydrogens (tertiary/aromatic N) is 2. The Labute approximate surface area is 198 Å². The second-order valence-electron chi connectivity index (χ2n) is 7.97. The van der Waals surface area contributed by atoms with Gasteiger partial charge < -0.3 is 14.4 Å². The summed E-state index contributed by atoms with van der Waals surface area (Å²) in [5, 5.41) is 1.96. The molecule has 0 N–H and O–H groups in total. The summed E-state index contributed by atoms with van der Waals surface area (Å²) in [7, 11) is -3.82. The smallest absolute Gasteiger partial charge is 0.243 e. The van der Waals surface area contributed by atoms with Gasteiger partial charge >= 0.3 is 0 Å². The van der Waals surface area contributed by atoms with Gasteiger partial charge in [0.2, 0.25) is 22.7 Å². The van der Waals surface area contributed by atoms with Gasteiger partial charge in [-0.25, -0.2) is 8.42 Å². The summed E-state index contributed by atoms with van der Waals surface area (Å²) in [6.07, 6.45) is 0. The third kappa shape index (κ3) is 5.38. The van der Waals surface area contributed by atoms with Crippen LogP contribution in [0.3, 0.4) is 0 Å². The van der Waals surface area contributed by atoms with E-state index in [1.165, 1.54) is 4.31 Å². The molecule has 7 nitrogen and oxygen atoms in total. The van der Waals surface area contributed by atoms with Gasteiger partial charge in [0.15, 0.2) is 11.5 Å². The maximum absolute atomic E-state index is 13.5. The summed E-state index contributed by atoms with van der Waals surface area (Å²) in [6, 6.07) is 17.3. The van der Waals surface area contributed by atoms with Crippen molar-refractivity contribution in [2.75, 3.05) is 13.3 Å². The molecule has 0 aliphatic carbocycles. The van der Waals surface area contributed by atoms with E-state index >= 15 is 0 Å². The third-order valence-corrected chi connectivity index (χ3v) is 8.20. The zero-order valence-corrected chi connectivity index (χ0v) is 20.1. The van der Waals surface area contributed by atoms with Crippen LogP contribution in [0.25, 0.3) is 0 Å². The molecule has 1 aliphatic heterocycles. The van der Waals surface area contributed by atoms with E-state index in [0.29, 0.717) is 24.6 Å². The number of sulfonamides is 1. The molecule has 1 aromatic heterocycles. The average molecular weight is 487 g/mol. The molecule has 0 fully saturated rings. The van der Waals surface area contributed by atoms with E-state index < -0.39 is 10.0 Å². The summed E-state index contributed by atoms with van der Waals surface area (Å²) in [4.78, 5) is 16.3. The van der Waals surface area contributed by atoms with E-state index in [4.69, 9.17) is 9.47 Å². The monoisotopic (exact) mass is 486 g/mol. The summed E-state index contributed by atoms with van der Waals surface area (Å²) < 4.78 is 38.6. The van der Waals surface area contributed by atoms with Crippen molar-refractivity contribution in [1.82, 2.24) is 9.21 Å².